The molecule has 0 atom stereocenters. The van der Waals surface area contributed by atoms with Gasteiger partial charge in [0.1, 0.15) is 4.90 Å². The molecular formula is C17H13F2NO3S. The van der Waals surface area contributed by atoms with Crippen LogP contribution in [0.5, 0.6) is 0 Å². The highest BCUT2D eigenvalue weighted by atomic mass is 32.2. The fourth-order valence-corrected chi connectivity index (χ4v) is 4.11. The van der Waals surface area contributed by atoms with Crippen molar-refractivity contribution in [2.75, 3.05) is 0 Å². The zero-order valence-electron chi connectivity index (χ0n) is 12.9. The van der Waals surface area contributed by atoms with Crippen molar-refractivity contribution in [2.45, 2.75) is 23.6 Å². The molecule has 3 aromatic rings. The molecule has 0 fully saturated rings. The average Bonchev–Trinajstić information content (AvgIpc) is 2.48. The second kappa shape index (κ2) is 5.52. The summed E-state index contributed by atoms with van der Waals surface area (Å²) in [7, 11) is -4.09. The number of aryl methyl sites for hydroxylation is 2. The monoisotopic (exact) mass is 349 g/mol. The van der Waals surface area contributed by atoms with Crippen molar-refractivity contribution in [2.24, 2.45) is 0 Å². The molecule has 0 bridgehead atoms. The maximum atomic E-state index is 13.4. The van der Waals surface area contributed by atoms with E-state index in [2.05, 4.69) is 4.98 Å². The molecule has 1 N–H and O–H groups in total. The number of aromatic nitrogens is 1. The molecule has 2 aromatic carbocycles. The molecular weight excluding hydrogens is 336 g/mol. The second-order valence-corrected chi connectivity index (χ2v) is 7.54. The summed E-state index contributed by atoms with van der Waals surface area (Å²) in [6.45, 7) is 3.49. The Morgan fingerprint density at radius 1 is 0.917 bits per heavy atom. The van der Waals surface area contributed by atoms with Crippen LogP contribution in [0.2, 0.25) is 0 Å². The van der Waals surface area contributed by atoms with Crippen molar-refractivity contribution in [3.8, 4) is 0 Å². The fourth-order valence-electron chi connectivity index (χ4n) is 2.61. The van der Waals surface area contributed by atoms with Gasteiger partial charge in [0.25, 0.3) is 0 Å². The quantitative estimate of drug-likeness (QED) is 0.772. The lowest BCUT2D eigenvalue weighted by atomic mass is 10.2. The van der Waals surface area contributed by atoms with Crippen molar-refractivity contribution >= 4 is 20.7 Å². The molecule has 0 radical (unpaired) electrons. The third-order valence-corrected chi connectivity index (χ3v) is 5.42. The van der Waals surface area contributed by atoms with Crippen LogP contribution < -0.4 is 5.43 Å². The minimum Gasteiger partial charge on any atom is -0.360 e. The van der Waals surface area contributed by atoms with Crippen molar-refractivity contribution in [1.82, 2.24) is 4.98 Å². The number of nitrogens with one attached hydrogen (secondary N) is 1. The third kappa shape index (κ3) is 2.60. The van der Waals surface area contributed by atoms with Crippen molar-refractivity contribution < 1.29 is 17.2 Å². The van der Waals surface area contributed by atoms with Gasteiger partial charge < -0.3 is 4.98 Å². The lowest BCUT2D eigenvalue weighted by Crippen LogP contribution is -2.17. The highest BCUT2D eigenvalue weighted by molar-refractivity contribution is 7.91. The van der Waals surface area contributed by atoms with E-state index in [4.69, 9.17) is 0 Å². The molecule has 4 nitrogen and oxygen atoms in total. The topological polar surface area (TPSA) is 67.0 Å². The van der Waals surface area contributed by atoms with Gasteiger partial charge in [-0.15, -0.1) is 0 Å². The van der Waals surface area contributed by atoms with Crippen LogP contribution in [0.25, 0.3) is 10.9 Å². The van der Waals surface area contributed by atoms with Gasteiger partial charge in [0.2, 0.25) is 15.3 Å². The number of halogens is 2. The molecule has 0 spiro atoms. The Kier molecular flexibility index (Phi) is 3.76. The molecule has 0 saturated heterocycles. The number of pyridine rings is 1. The lowest BCUT2D eigenvalue weighted by molar-refractivity contribution is 0.510. The maximum Gasteiger partial charge on any atom is 0.211 e. The first-order valence-corrected chi connectivity index (χ1v) is 8.52. The number of hydrogen-bond donors (Lipinski definition) is 1. The number of fused-ring (bicyclic) bond motifs is 1. The lowest BCUT2D eigenvalue weighted by Gasteiger charge is -2.08. The smallest absolute Gasteiger partial charge is 0.211 e. The molecule has 0 saturated carbocycles. The molecule has 0 aliphatic heterocycles. The number of rotatable bonds is 2. The summed E-state index contributed by atoms with van der Waals surface area (Å²) < 4.78 is 52.2. The summed E-state index contributed by atoms with van der Waals surface area (Å²) in [5.74, 6) is -2.34. The van der Waals surface area contributed by atoms with Gasteiger partial charge in [0, 0.05) is 17.6 Å². The van der Waals surface area contributed by atoms with E-state index in [1.54, 1.807) is 13.8 Å². The van der Waals surface area contributed by atoms with Gasteiger partial charge in [-0.1, -0.05) is 6.07 Å². The van der Waals surface area contributed by atoms with E-state index in [-0.39, 0.29) is 15.8 Å². The predicted molar refractivity (Wildman–Crippen MR) is 85.9 cm³/mol. The van der Waals surface area contributed by atoms with E-state index in [9.17, 15) is 22.0 Å². The maximum absolute atomic E-state index is 13.4. The fraction of sp³-hybridized carbons (Fsp3) is 0.118. The zero-order valence-corrected chi connectivity index (χ0v) is 13.7. The molecule has 0 amide bonds. The van der Waals surface area contributed by atoms with Crippen LogP contribution in [-0.4, -0.2) is 13.4 Å². The molecule has 24 heavy (non-hydrogen) atoms. The van der Waals surface area contributed by atoms with E-state index in [1.807, 2.05) is 6.07 Å². The Morgan fingerprint density at radius 2 is 1.50 bits per heavy atom. The minimum atomic E-state index is -4.09. The Bertz CT molecular complexity index is 1110. The van der Waals surface area contributed by atoms with Gasteiger partial charge in [0.15, 0.2) is 11.6 Å². The molecule has 124 valence electrons. The van der Waals surface area contributed by atoms with E-state index in [0.29, 0.717) is 6.07 Å². The van der Waals surface area contributed by atoms with Crippen LogP contribution in [0.3, 0.4) is 0 Å². The molecule has 1 aromatic heterocycles. The first-order valence-electron chi connectivity index (χ1n) is 7.04. The summed E-state index contributed by atoms with van der Waals surface area (Å²) in [4.78, 5) is 14.5. The summed E-state index contributed by atoms with van der Waals surface area (Å²) in [6, 6.07) is 6.24. The van der Waals surface area contributed by atoms with Gasteiger partial charge in [-0.2, -0.15) is 0 Å². The molecule has 1 heterocycles. The standard InChI is InChI=1S/C17H13F2NO3S/c1-9-3-10(2)5-11(4-9)24(22,23)16-8-20-15-7-14(19)13(18)6-12(15)17(16)21/h3-8H,1-2H3,(H,20,21). The minimum absolute atomic E-state index is 0.0209. The SMILES string of the molecule is Cc1cc(C)cc(S(=O)(=O)c2c[nH]c3cc(F)c(F)cc3c2=O)c1. The Morgan fingerprint density at radius 3 is 2.12 bits per heavy atom. The largest absolute Gasteiger partial charge is 0.360 e. The van der Waals surface area contributed by atoms with Crippen molar-refractivity contribution in [1.29, 1.82) is 0 Å². The van der Waals surface area contributed by atoms with Crippen molar-refractivity contribution in [3.63, 3.8) is 0 Å². The Labute approximate surface area is 136 Å². The predicted octanol–water partition coefficient (Wildman–Crippen LogP) is 3.26. The van der Waals surface area contributed by atoms with Gasteiger partial charge in [-0.3, -0.25) is 4.79 Å². The van der Waals surface area contributed by atoms with Gasteiger partial charge in [0.05, 0.1) is 10.4 Å². The zero-order chi connectivity index (χ0) is 17.6. The second-order valence-electron chi connectivity index (χ2n) is 5.62. The van der Waals surface area contributed by atoms with Gasteiger partial charge in [-0.25, -0.2) is 17.2 Å². The molecule has 3 rings (SSSR count). The van der Waals surface area contributed by atoms with E-state index >= 15 is 0 Å². The summed E-state index contributed by atoms with van der Waals surface area (Å²) in [6.07, 6.45) is 1.01. The van der Waals surface area contributed by atoms with Crippen molar-refractivity contribution in [3.05, 3.63) is 69.5 Å². The normalized spacial score (nSPS) is 11.8. The average molecular weight is 349 g/mol. The van der Waals surface area contributed by atoms with E-state index < -0.39 is 31.8 Å². The summed E-state index contributed by atoms with van der Waals surface area (Å²) >= 11 is 0. The summed E-state index contributed by atoms with van der Waals surface area (Å²) in [5.41, 5.74) is 0.623. The van der Waals surface area contributed by atoms with Crippen LogP contribution >= 0.6 is 0 Å². The van der Waals surface area contributed by atoms with Gasteiger partial charge in [-0.05, 0) is 43.2 Å². The highest BCUT2D eigenvalue weighted by Crippen LogP contribution is 2.22. The first kappa shape index (κ1) is 16.3. The van der Waals surface area contributed by atoms with Crippen LogP contribution in [0, 0.1) is 25.5 Å². The van der Waals surface area contributed by atoms with E-state index in [1.165, 1.54) is 12.1 Å². The number of benzene rings is 2. The van der Waals surface area contributed by atoms with E-state index in [0.717, 1.165) is 23.4 Å². The first-order chi connectivity index (χ1) is 11.2. The van der Waals surface area contributed by atoms with Crippen LogP contribution in [0.1, 0.15) is 11.1 Å². The number of aromatic amines is 1. The summed E-state index contributed by atoms with van der Waals surface area (Å²) in [5, 5.41) is -0.223. The van der Waals surface area contributed by atoms with Crippen LogP contribution in [0.4, 0.5) is 8.78 Å². The number of hydrogen-bond acceptors (Lipinski definition) is 3. The van der Waals surface area contributed by atoms with Gasteiger partial charge >= 0.3 is 0 Å². The highest BCUT2D eigenvalue weighted by Gasteiger charge is 2.23. The molecule has 0 unspecified atom stereocenters. The molecule has 0 aliphatic rings. The molecule has 7 heteroatoms. The Balaban J connectivity index is 2.31. The third-order valence-electron chi connectivity index (χ3n) is 3.68. The number of H-pyrrole nitrogens is 1. The van der Waals surface area contributed by atoms with Crippen LogP contribution in [0.15, 0.2) is 51.1 Å². The molecule has 0 aliphatic carbocycles. The van der Waals surface area contributed by atoms with Crippen LogP contribution in [-0.2, 0) is 9.84 Å². The Hall–Kier alpha value is -2.54. The number of sulfone groups is 1.